The summed E-state index contributed by atoms with van der Waals surface area (Å²) in [4.78, 5) is 0. The molecule has 0 radical (unpaired) electrons. The summed E-state index contributed by atoms with van der Waals surface area (Å²) in [5.41, 5.74) is 3.91. The summed E-state index contributed by atoms with van der Waals surface area (Å²) in [5.74, 6) is 6.52. The Morgan fingerprint density at radius 3 is 2.33 bits per heavy atom. The number of nitrogens with two attached hydrogens (primary N) is 1. The number of hydrogen-bond acceptors (Lipinski definition) is 2. The predicted molar refractivity (Wildman–Crippen MR) is 50.3 cm³/mol. The highest BCUT2D eigenvalue weighted by molar-refractivity contribution is 5.11. The summed E-state index contributed by atoms with van der Waals surface area (Å²) in [6.07, 6.45) is 4.13. The molecule has 2 fully saturated rings. The molecular weight excluding hydrogens is 148 g/mol. The van der Waals surface area contributed by atoms with Crippen LogP contribution in [0.5, 0.6) is 0 Å². The van der Waals surface area contributed by atoms with Crippen molar-refractivity contribution in [2.75, 3.05) is 0 Å². The van der Waals surface area contributed by atoms with Gasteiger partial charge in [0.05, 0.1) is 0 Å². The van der Waals surface area contributed by atoms with Gasteiger partial charge >= 0.3 is 0 Å². The first-order valence-corrected chi connectivity index (χ1v) is 4.97. The Balaban J connectivity index is 2.31. The molecule has 2 heteroatoms. The number of nitrogens with one attached hydrogen (secondary N) is 1. The number of fused-ring (bicyclic) bond motifs is 2. The molecule has 0 saturated heterocycles. The maximum absolute atomic E-state index is 5.63. The van der Waals surface area contributed by atoms with Gasteiger partial charge in [0.25, 0.3) is 0 Å². The van der Waals surface area contributed by atoms with Crippen LogP contribution in [0.3, 0.4) is 0 Å². The molecular formula is C10H20N2. The molecule has 3 atom stereocenters. The van der Waals surface area contributed by atoms with E-state index in [1.807, 2.05) is 0 Å². The first-order chi connectivity index (χ1) is 5.50. The lowest BCUT2D eigenvalue weighted by molar-refractivity contribution is 0.110. The lowest BCUT2D eigenvalue weighted by Crippen LogP contribution is -2.53. The molecule has 0 aromatic carbocycles. The summed E-state index contributed by atoms with van der Waals surface area (Å²) in [6, 6.07) is 0.517. The second-order valence-corrected chi connectivity index (χ2v) is 5.51. The maximum Gasteiger partial charge on any atom is 0.0318 e. The molecule has 2 rings (SSSR count). The average Bonchev–Trinajstić information content (AvgIpc) is 2.39. The van der Waals surface area contributed by atoms with Crippen LogP contribution in [0.2, 0.25) is 0 Å². The molecule has 2 saturated carbocycles. The maximum atomic E-state index is 5.63. The van der Waals surface area contributed by atoms with Crippen molar-refractivity contribution >= 4 is 0 Å². The molecule has 2 bridgehead atoms. The highest BCUT2D eigenvalue weighted by Crippen LogP contribution is 2.62. The van der Waals surface area contributed by atoms with Gasteiger partial charge < -0.3 is 0 Å². The fraction of sp³-hybridized carbons (Fsp3) is 1.00. The van der Waals surface area contributed by atoms with E-state index in [0.717, 1.165) is 5.92 Å². The molecule has 0 amide bonds. The summed E-state index contributed by atoms with van der Waals surface area (Å²) in [5, 5.41) is 0. The van der Waals surface area contributed by atoms with E-state index in [0.29, 0.717) is 16.9 Å². The van der Waals surface area contributed by atoms with Gasteiger partial charge in [0, 0.05) is 6.04 Å². The smallest absolute Gasteiger partial charge is 0.0318 e. The topological polar surface area (TPSA) is 38.0 Å². The lowest BCUT2D eigenvalue weighted by Gasteiger charge is -2.42. The number of hydrazine groups is 1. The quantitative estimate of drug-likeness (QED) is 0.461. The highest BCUT2D eigenvalue weighted by Gasteiger charge is 2.58. The van der Waals surface area contributed by atoms with Gasteiger partial charge in [-0.2, -0.15) is 0 Å². The molecule has 0 heterocycles. The van der Waals surface area contributed by atoms with Crippen molar-refractivity contribution in [3.05, 3.63) is 0 Å². The van der Waals surface area contributed by atoms with Crippen molar-refractivity contribution in [2.45, 2.75) is 46.1 Å². The van der Waals surface area contributed by atoms with E-state index in [1.165, 1.54) is 19.3 Å². The second-order valence-electron chi connectivity index (χ2n) is 5.51. The van der Waals surface area contributed by atoms with Gasteiger partial charge in [-0.05, 0) is 36.0 Å². The molecule has 12 heavy (non-hydrogen) atoms. The first kappa shape index (κ1) is 8.52. The van der Waals surface area contributed by atoms with Crippen molar-refractivity contribution in [3.8, 4) is 0 Å². The van der Waals surface area contributed by atoms with Crippen molar-refractivity contribution < 1.29 is 0 Å². The number of hydrogen-bond donors (Lipinski definition) is 2. The Labute approximate surface area is 74.9 Å². The monoisotopic (exact) mass is 168 g/mol. The molecule has 2 aliphatic rings. The molecule has 2 nitrogen and oxygen atoms in total. The normalized spacial score (nSPS) is 50.0. The van der Waals surface area contributed by atoms with E-state index in [1.54, 1.807) is 0 Å². The zero-order chi connectivity index (χ0) is 8.98. The molecule has 3 unspecified atom stereocenters. The van der Waals surface area contributed by atoms with Gasteiger partial charge in [-0.1, -0.05) is 20.8 Å². The fourth-order valence-corrected chi connectivity index (χ4v) is 3.72. The average molecular weight is 168 g/mol. The van der Waals surface area contributed by atoms with E-state index in [9.17, 15) is 0 Å². The van der Waals surface area contributed by atoms with Crippen molar-refractivity contribution in [2.24, 2.45) is 22.6 Å². The van der Waals surface area contributed by atoms with Gasteiger partial charge in [0.15, 0.2) is 0 Å². The zero-order valence-electron chi connectivity index (χ0n) is 8.35. The lowest BCUT2D eigenvalue weighted by atomic mass is 9.69. The third kappa shape index (κ3) is 0.826. The van der Waals surface area contributed by atoms with Gasteiger partial charge in [0.1, 0.15) is 0 Å². The van der Waals surface area contributed by atoms with E-state index in [4.69, 9.17) is 5.84 Å². The Morgan fingerprint density at radius 2 is 2.00 bits per heavy atom. The molecule has 70 valence electrons. The van der Waals surface area contributed by atoms with Crippen LogP contribution in [0.4, 0.5) is 0 Å². The van der Waals surface area contributed by atoms with Gasteiger partial charge in [-0.15, -0.1) is 0 Å². The molecule has 0 aromatic heterocycles. The fourth-order valence-electron chi connectivity index (χ4n) is 3.72. The minimum Gasteiger partial charge on any atom is -0.271 e. The summed E-state index contributed by atoms with van der Waals surface area (Å²) >= 11 is 0. The van der Waals surface area contributed by atoms with Crippen LogP contribution in [0.25, 0.3) is 0 Å². The SMILES string of the molecule is CC12CCC(C1)C(C)(C)C2NN. The Morgan fingerprint density at radius 1 is 1.33 bits per heavy atom. The molecule has 2 aliphatic carbocycles. The Kier molecular flexibility index (Phi) is 1.59. The van der Waals surface area contributed by atoms with Crippen molar-refractivity contribution in [3.63, 3.8) is 0 Å². The molecule has 0 aromatic rings. The highest BCUT2D eigenvalue weighted by atomic mass is 15.3. The minimum atomic E-state index is 0.405. The Bertz CT molecular complexity index is 195. The van der Waals surface area contributed by atoms with Crippen LogP contribution in [0.1, 0.15) is 40.0 Å². The number of rotatable bonds is 1. The van der Waals surface area contributed by atoms with Crippen LogP contribution in [0, 0.1) is 16.7 Å². The van der Waals surface area contributed by atoms with E-state index in [2.05, 4.69) is 26.2 Å². The van der Waals surface area contributed by atoms with Crippen LogP contribution < -0.4 is 11.3 Å². The van der Waals surface area contributed by atoms with Gasteiger partial charge in [0.2, 0.25) is 0 Å². The van der Waals surface area contributed by atoms with E-state index >= 15 is 0 Å². The van der Waals surface area contributed by atoms with Crippen molar-refractivity contribution in [1.29, 1.82) is 0 Å². The molecule has 3 N–H and O–H groups in total. The van der Waals surface area contributed by atoms with Crippen LogP contribution >= 0.6 is 0 Å². The zero-order valence-corrected chi connectivity index (χ0v) is 8.35. The molecule has 0 aliphatic heterocycles. The first-order valence-electron chi connectivity index (χ1n) is 4.97. The standard InChI is InChI=1S/C10H20N2/c1-9(2)7-4-5-10(3,6-7)8(9)12-11/h7-8,12H,4-6,11H2,1-3H3. The summed E-state index contributed by atoms with van der Waals surface area (Å²) in [6.45, 7) is 7.09. The van der Waals surface area contributed by atoms with Crippen LogP contribution in [0.15, 0.2) is 0 Å². The summed E-state index contributed by atoms with van der Waals surface area (Å²) < 4.78 is 0. The predicted octanol–water partition coefficient (Wildman–Crippen LogP) is 1.66. The van der Waals surface area contributed by atoms with Crippen LogP contribution in [-0.2, 0) is 0 Å². The summed E-state index contributed by atoms with van der Waals surface area (Å²) in [7, 11) is 0. The third-order valence-corrected chi connectivity index (χ3v) is 4.44. The second kappa shape index (κ2) is 2.24. The van der Waals surface area contributed by atoms with Gasteiger partial charge in [-0.3, -0.25) is 11.3 Å². The van der Waals surface area contributed by atoms with Crippen molar-refractivity contribution in [1.82, 2.24) is 5.43 Å². The third-order valence-electron chi connectivity index (χ3n) is 4.44. The van der Waals surface area contributed by atoms with E-state index in [-0.39, 0.29) is 0 Å². The van der Waals surface area contributed by atoms with E-state index < -0.39 is 0 Å². The minimum absolute atomic E-state index is 0.405. The largest absolute Gasteiger partial charge is 0.271 e. The molecule has 0 spiro atoms. The Hall–Kier alpha value is -0.0800. The van der Waals surface area contributed by atoms with Gasteiger partial charge in [-0.25, -0.2) is 0 Å². The van der Waals surface area contributed by atoms with Crippen LogP contribution in [-0.4, -0.2) is 6.04 Å².